The minimum Gasteiger partial charge on any atom is -0.543 e. The van der Waals surface area contributed by atoms with E-state index in [0.717, 1.165) is 66.7 Å². The first-order valence-corrected chi connectivity index (χ1v) is 15.0. The number of hydrogen-bond donors (Lipinski definition) is 3. The van der Waals surface area contributed by atoms with E-state index in [1.165, 1.54) is 12.8 Å². The van der Waals surface area contributed by atoms with Crippen LogP contribution in [0.15, 0.2) is 61.2 Å². The van der Waals surface area contributed by atoms with Crippen molar-refractivity contribution < 1.29 is 45.7 Å². The third-order valence-corrected chi connectivity index (χ3v) is 7.88. The molecule has 250 valence electrons. The molecular formula is C32H39N9O5Pt+2. The molecule has 0 bridgehead atoms. The smallest absolute Gasteiger partial charge is 0.543 e. The Balaban J connectivity index is 0.000000334. The van der Waals surface area contributed by atoms with Crippen LogP contribution in [0.4, 0.5) is 11.6 Å². The van der Waals surface area contributed by atoms with Crippen molar-refractivity contribution in [3.05, 3.63) is 66.7 Å². The molecule has 1 aliphatic heterocycles. The number of rotatable bonds is 4. The van der Waals surface area contributed by atoms with Crippen molar-refractivity contribution in [2.24, 2.45) is 18.5 Å². The van der Waals surface area contributed by atoms with E-state index in [9.17, 15) is 4.79 Å². The number of carboxylic acids is 2. The molecule has 2 aliphatic rings. The van der Waals surface area contributed by atoms with Crippen molar-refractivity contribution in [3.8, 4) is 11.1 Å². The molecule has 4 aromatic rings. The van der Waals surface area contributed by atoms with Crippen molar-refractivity contribution in [2.75, 3.05) is 43.4 Å². The second kappa shape index (κ2) is 17.6. The summed E-state index contributed by atoms with van der Waals surface area (Å²) in [4.78, 5) is 44.1. The summed E-state index contributed by atoms with van der Waals surface area (Å²) < 4.78 is 1.78. The Labute approximate surface area is 287 Å². The van der Waals surface area contributed by atoms with Crippen LogP contribution in [0.1, 0.15) is 36.0 Å². The van der Waals surface area contributed by atoms with E-state index in [1.807, 2.05) is 37.6 Å². The molecule has 1 aliphatic carbocycles. The molecular weight excluding hydrogens is 785 g/mol. The zero-order chi connectivity index (χ0) is 33.2. The van der Waals surface area contributed by atoms with Gasteiger partial charge in [0, 0.05) is 80.4 Å². The molecule has 1 saturated heterocycles. The number of nitrogens with two attached hydrogens (primary N) is 2. The molecule has 3 aromatic heterocycles. The summed E-state index contributed by atoms with van der Waals surface area (Å²) >= 11 is 0. The monoisotopic (exact) mass is 824 g/mol. The predicted octanol–water partition coefficient (Wildman–Crippen LogP) is -0.267. The predicted molar refractivity (Wildman–Crippen MR) is 170 cm³/mol. The zero-order valence-corrected chi connectivity index (χ0v) is 28.6. The molecule has 14 nitrogen and oxygen atoms in total. The van der Waals surface area contributed by atoms with Crippen LogP contribution in [0.3, 0.4) is 0 Å². The number of aromatic nitrogens is 4. The fraction of sp³-hybridized carbons (Fsp3) is 0.375. The summed E-state index contributed by atoms with van der Waals surface area (Å²) in [5.41, 5.74) is 14.0. The Morgan fingerprint density at radius 3 is 2.06 bits per heavy atom. The molecule has 47 heavy (non-hydrogen) atoms. The standard InChI is InChI=1S/C24H25N7O.C6H14N2.C2H2O4.Pt/c1-29-7-9-31(10-8-29)23-13-18(5-6-25-23)24(32)28-22-12-20-11-17(3-4-19(20)14-26-22)21-15-27-30(2)16-21;7-5-3-1-2-4-6(5)8;3-1(4)2(5)6;/h3-6,11-16H,7-10H2,1-2H3,(H,26,28,32);5-6H,1-4,7-8H2;(H,3,4)(H,5,6);/q;;;+4/p-2/t;5-,6-;;/m.1../s1. The van der Waals surface area contributed by atoms with Gasteiger partial charge < -0.3 is 46.4 Å². The first-order valence-electron chi connectivity index (χ1n) is 15.0. The van der Waals surface area contributed by atoms with Gasteiger partial charge in [-0.2, -0.15) is 5.10 Å². The number of amides is 1. The number of nitrogens with one attached hydrogen (secondary N) is 1. The summed E-state index contributed by atoms with van der Waals surface area (Å²) in [6.07, 6.45) is 12.1. The van der Waals surface area contributed by atoms with Gasteiger partial charge in [0.2, 0.25) is 0 Å². The summed E-state index contributed by atoms with van der Waals surface area (Å²) in [6, 6.07) is 12.2. The summed E-state index contributed by atoms with van der Waals surface area (Å²) in [5.74, 6) is -3.22. The Morgan fingerprint density at radius 2 is 1.49 bits per heavy atom. The Hall–Kier alpha value is -4.23. The van der Waals surface area contributed by atoms with E-state index >= 15 is 0 Å². The van der Waals surface area contributed by atoms with E-state index < -0.39 is 11.9 Å². The number of aliphatic carboxylic acids is 2. The van der Waals surface area contributed by atoms with Crippen LogP contribution in [0.25, 0.3) is 21.9 Å². The number of pyridine rings is 2. The van der Waals surface area contributed by atoms with Crippen LogP contribution >= 0.6 is 0 Å². The van der Waals surface area contributed by atoms with Gasteiger partial charge in [0.15, 0.2) is 0 Å². The Bertz CT molecular complexity index is 1640. The van der Waals surface area contributed by atoms with Crippen LogP contribution in [-0.4, -0.2) is 87.8 Å². The van der Waals surface area contributed by atoms with Gasteiger partial charge in [-0.15, -0.1) is 0 Å². The minimum atomic E-state index is -2.19. The fourth-order valence-corrected chi connectivity index (χ4v) is 5.10. The van der Waals surface area contributed by atoms with Gasteiger partial charge in [-0.05, 0) is 55.1 Å². The zero-order valence-electron chi connectivity index (χ0n) is 26.3. The minimum absolute atomic E-state index is 0. The molecule has 6 rings (SSSR count). The number of aryl methyl sites for hydroxylation is 1. The van der Waals surface area contributed by atoms with Crippen LogP contribution in [0, 0.1) is 0 Å². The van der Waals surface area contributed by atoms with Gasteiger partial charge in [-0.3, -0.25) is 9.48 Å². The maximum absolute atomic E-state index is 12.9. The number of carbonyl (C=O) groups excluding carboxylic acids is 3. The molecule has 2 fully saturated rings. The largest absolute Gasteiger partial charge is 4.00 e. The number of anilines is 2. The van der Waals surface area contributed by atoms with Gasteiger partial charge in [-0.1, -0.05) is 25.0 Å². The van der Waals surface area contributed by atoms with Crippen molar-refractivity contribution in [2.45, 2.75) is 37.8 Å². The molecule has 4 heterocycles. The molecule has 15 heteroatoms. The van der Waals surface area contributed by atoms with Crippen LogP contribution < -0.4 is 31.9 Å². The summed E-state index contributed by atoms with van der Waals surface area (Å²) in [6.45, 7) is 3.78. The number of likely N-dealkylation sites (N-methyl/N-ethyl adjacent to an activating group) is 1. The van der Waals surface area contributed by atoms with Crippen LogP contribution in [-0.2, 0) is 37.7 Å². The van der Waals surface area contributed by atoms with Crippen molar-refractivity contribution in [1.29, 1.82) is 0 Å². The summed E-state index contributed by atoms with van der Waals surface area (Å²) in [7, 11) is 4.02. The van der Waals surface area contributed by atoms with E-state index in [4.69, 9.17) is 31.3 Å². The van der Waals surface area contributed by atoms with E-state index in [-0.39, 0.29) is 39.1 Å². The molecule has 5 N–H and O–H groups in total. The van der Waals surface area contributed by atoms with Crippen molar-refractivity contribution in [1.82, 2.24) is 24.6 Å². The number of benzene rings is 1. The van der Waals surface area contributed by atoms with Gasteiger partial charge in [0.05, 0.1) is 18.1 Å². The van der Waals surface area contributed by atoms with Gasteiger partial charge in [0.25, 0.3) is 5.91 Å². The van der Waals surface area contributed by atoms with Crippen LogP contribution in [0.5, 0.6) is 0 Å². The van der Waals surface area contributed by atoms with Crippen molar-refractivity contribution in [3.63, 3.8) is 0 Å². The molecule has 0 radical (unpaired) electrons. The maximum Gasteiger partial charge on any atom is 4.00 e. The van der Waals surface area contributed by atoms with E-state index in [2.05, 4.69) is 49.4 Å². The van der Waals surface area contributed by atoms with E-state index in [0.29, 0.717) is 11.4 Å². The Morgan fingerprint density at radius 1 is 0.830 bits per heavy atom. The number of piperazine rings is 1. The number of carboxylic acid groups (broad SMARTS) is 2. The molecule has 2 atom stereocenters. The third-order valence-electron chi connectivity index (χ3n) is 7.88. The second-order valence-corrected chi connectivity index (χ2v) is 11.4. The average molecular weight is 825 g/mol. The van der Waals surface area contributed by atoms with Crippen LogP contribution in [0.2, 0.25) is 0 Å². The number of nitrogens with zero attached hydrogens (tertiary/aromatic N) is 6. The normalized spacial score (nSPS) is 17.7. The number of hydrogen-bond acceptors (Lipinski definition) is 12. The topological polar surface area (TPSA) is 211 Å². The SMILES string of the molecule is CN1CCN(c2cc(C(=O)Nc3cc4cc(-c5cnn(C)c5)ccc4cn3)ccn2)CC1.N[C@@H]1CCCC[C@H]1N.O=C([O-])C(=O)[O-].[Pt+4]. The van der Waals surface area contributed by atoms with Gasteiger partial charge in [0.1, 0.15) is 11.6 Å². The maximum atomic E-state index is 12.9. The molecule has 0 unspecified atom stereocenters. The molecule has 1 amide bonds. The second-order valence-electron chi connectivity index (χ2n) is 11.4. The van der Waals surface area contributed by atoms with Gasteiger partial charge >= 0.3 is 21.1 Å². The molecule has 1 aromatic carbocycles. The average Bonchev–Trinajstić information content (AvgIpc) is 3.49. The number of carbonyl (C=O) groups is 3. The fourth-order valence-electron chi connectivity index (χ4n) is 5.10. The summed E-state index contributed by atoms with van der Waals surface area (Å²) in [5, 5.41) is 27.0. The number of fused-ring (bicyclic) bond motifs is 1. The Kier molecular flexibility index (Phi) is 14.0. The third kappa shape index (κ3) is 10.9. The molecule has 1 saturated carbocycles. The first kappa shape index (κ1) is 37.2. The van der Waals surface area contributed by atoms with E-state index in [1.54, 1.807) is 23.1 Å². The van der Waals surface area contributed by atoms with Gasteiger partial charge in [-0.25, -0.2) is 9.97 Å². The first-order chi connectivity index (χ1) is 22.0. The quantitative estimate of drug-likeness (QED) is 0.227. The van der Waals surface area contributed by atoms with Crippen molar-refractivity contribution >= 4 is 40.3 Å². The molecule has 0 spiro atoms.